The Hall–Kier alpha value is -9.14. The van der Waals surface area contributed by atoms with Crippen molar-refractivity contribution >= 4 is 110 Å². The fourth-order valence-electron chi connectivity index (χ4n) is 11.4. The van der Waals surface area contributed by atoms with Gasteiger partial charge in [0.1, 0.15) is 11.7 Å². The number of rotatable bonds is 4. The maximum absolute atomic E-state index is 5.69. The maximum atomic E-state index is 5.69. The summed E-state index contributed by atoms with van der Waals surface area (Å²) in [5.41, 5.74) is 13.2. The van der Waals surface area contributed by atoms with Gasteiger partial charge in [0.25, 0.3) is 0 Å². The van der Waals surface area contributed by atoms with E-state index in [4.69, 9.17) is 9.98 Å². The van der Waals surface area contributed by atoms with Gasteiger partial charge in [0, 0.05) is 60.0 Å². The molecule has 4 aromatic heterocycles. The van der Waals surface area contributed by atoms with Gasteiger partial charge in [0.2, 0.25) is 0 Å². The molecule has 9 aromatic carbocycles. The van der Waals surface area contributed by atoms with E-state index in [1.165, 1.54) is 48.6 Å². The van der Waals surface area contributed by atoms with E-state index >= 15 is 0 Å². The minimum atomic E-state index is -0.485. The zero-order valence-corrected chi connectivity index (χ0v) is 36.7. The average molecular weight is 873 g/mol. The van der Waals surface area contributed by atoms with Crippen LogP contribution in [0.15, 0.2) is 222 Å². The normalized spacial score (nSPS) is 15.2. The highest BCUT2D eigenvalue weighted by Gasteiger charge is 2.33. The number of aromatic nitrogens is 4. The Morgan fingerprint density at radius 2 is 0.853 bits per heavy atom. The second kappa shape index (κ2) is 14.2. The van der Waals surface area contributed by atoms with Crippen LogP contribution in [0.4, 0.5) is 0 Å². The van der Waals surface area contributed by atoms with E-state index in [1.54, 1.807) is 0 Å². The summed E-state index contributed by atoms with van der Waals surface area (Å²) in [4.78, 5) is 11.4. The predicted octanol–water partition coefficient (Wildman–Crippen LogP) is 13.3. The van der Waals surface area contributed by atoms with E-state index in [1.807, 2.05) is 0 Å². The molecule has 0 saturated heterocycles. The van der Waals surface area contributed by atoms with Crippen LogP contribution in [-0.4, -0.2) is 42.7 Å². The Morgan fingerprint density at radius 3 is 1.49 bits per heavy atom. The largest absolute Gasteiger partial charge is 0.363 e. The standard InChI is InChI=1S/C60H40N8/c1-4-18-37(19-5-1)54-60(68-49-30-16-12-24-40(49)43-34-35-51-53(55(43)68)46-27-13-17-31-50(46)65(51)38-20-6-2-7-21-38)64-58-59(63-54)62-52(36-61-58)67-48-29-15-11-26-42(48)45-33-32-44-41-25-10-14-28-47(41)66(56(44)57(45)67)39-22-8-3-9-23-39/h1-35,59,63H,36H2,(H,61,64). The van der Waals surface area contributed by atoms with Crippen molar-refractivity contribution in [3.05, 3.63) is 218 Å². The molecular formula is C60H40N8. The summed E-state index contributed by atoms with van der Waals surface area (Å²) < 4.78 is 9.60. The number of hydrogen-bond donors (Lipinski definition) is 2. The minimum Gasteiger partial charge on any atom is -0.363 e. The number of para-hydroxylation sites is 6. The van der Waals surface area contributed by atoms with Crippen LogP contribution in [0.2, 0.25) is 0 Å². The Bertz CT molecular complexity index is 4330. The molecule has 2 N–H and O–H groups in total. The summed E-state index contributed by atoms with van der Waals surface area (Å²) in [6, 6.07) is 76.1. The van der Waals surface area contributed by atoms with Gasteiger partial charge in [-0.1, -0.05) is 158 Å². The van der Waals surface area contributed by atoms with Crippen molar-refractivity contribution in [2.75, 3.05) is 6.54 Å². The van der Waals surface area contributed by atoms with Gasteiger partial charge in [-0.3, -0.25) is 9.13 Å². The fourth-order valence-corrected chi connectivity index (χ4v) is 11.4. The molecule has 13 aromatic rings. The molecule has 0 amide bonds. The lowest BCUT2D eigenvalue weighted by atomic mass is 10.1. The van der Waals surface area contributed by atoms with Crippen LogP contribution in [0.25, 0.3) is 110 Å². The van der Waals surface area contributed by atoms with Crippen LogP contribution in [0.3, 0.4) is 0 Å². The third-order valence-electron chi connectivity index (χ3n) is 14.2. The third kappa shape index (κ3) is 5.14. The molecule has 1 atom stereocenters. The van der Waals surface area contributed by atoms with Gasteiger partial charge in [0.15, 0.2) is 12.0 Å². The lowest BCUT2D eigenvalue weighted by Crippen LogP contribution is -2.52. The topological polar surface area (TPSA) is 68.5 Å². The molecule has 6 heterocycles. The molecule has 2 aliphatic heterocycles. The number of aliphatic imine (C=N–C) groups is 2. The van der Waals surface area contributed by atoms with Gasteiger partial charge in [-0.05, 0) is 54.6 Å². The van der Waals surface area contributed by atoms with Gasteiger partial charge < -0.3 is 19.8 Å². The number of fused-ring (bicyclic) bond motifs is 15. The highest BCUT2D eigenvalue weighted by molar-refractivity contribution is 6.28. The number of nitrogens with zero attached hydrogens (tertiary/aromatic N) is 6. The van der Waals surface area contributed by atoms with Gasteiger partial charge in [-0.15, -0.1) is 0 Å². The van der Waals surface area contributed by atoms with E-state index in [-0.39, 0.29) is 0 Å². The molecule has 0 saturated carbocycles. The Morgan fingerprint density at radius 1 is 0.382 bits per heavy atom. The molecule has 0 radical (unpaired) electrons. The number of hydrogen-bond acceptors (Lipinski definition) is 4. The van der Waals surface area contributed by atoms with Crippen LogP contribution in [0.1, 0.15) is 5.56 Å². The summed E-state index contributed by atoms with van der Waals surface area (Å²) in [6.45, 7) is 0.475. The van der Waals surface area contributed by atoms with Crippen molar-refractivity contribution in [3.8, 4) is 11.4 Å². The van der Waals surface area contributed by atoms with Crippen molar-refractivity contribution in [1.29, 1.82) is 0 Å². The maximum Gasteiger partial charge on any atom is 0.179 e. The van der Waals surface area contributed by atoms with Crippen LogP contribution in [0, 0.1) is 0 Å². The van der Waals surface area contributed by atoms with Crippen molar-refractivity contribution in [3.63, 3.8) is 0 Å². The number of amidine groups is 1. The second-order valence-electron chi connectivity index (χ2n) is 17.8. The van der Waals surface area contributed by atoms with Gasteiger partial charge in [0.05, 0.1) is 56.4 Å². The first-order chi connectivity index (χ1) is 33.8. The molecule has 0 spiro atoms. The van der Waals surface area contributed by atoms with Gasteiger partial charge in [-0.25, -0.2) is 9.98 Å². The molecule has 0 aliphatic carbocycles. The Kier molecular flexibility index (Phi) is 7.74. The SMILES string of the molecule is c1ccc(C2=C(n3c4ccccc4c4ccc5c(c6ccccc6n5-c5ccccc5)c43)N=C3NCC(n4c5ccccc5c5ccc6c7ccccc7n(-c7ccccc7)c6c54)=NC3N2)cc1. The first-order valence-corrected chi connectivity index (χ1v) is 23.3. The molecule has 8 nitrogen and oxygen atoms in total. The lowest BCUT2D eigenvalue weighted by molar-refractivity contribution is 0.715. The monoisotopic (exact) mass is 872 g/mol. The highest BCUT2D eigenvalue weighted by Crippen LogP contribution is 2.44. The van der Waals surface area contributed by atoms with E-state index < -0.39 is 6.17 Å². The summed E-state index contributed by atoms with van der Waals surface area (Å²) in [6.07, 6.45) is -0.485. The van der Waals surface area contributed by atoms with Crippen LogP contribution in [-0.2, 0) is 0 Å². The summed E-state index contributed by atoms with van der Waals surface area (Å²) in [5, 5.41) is 17.3. The van der Waals surface area contributed by atoms with Crippen molar-refractivity contribution in [1.82, 2.24) is 28.9 Å². The van der Waals surface area contributed by atoms with Crippen LogP contribution in [0.5, 0.6) is 0 Å². The Balaban J connectivity index is 0.984. The Labute approximate surface area is 389 Å². The molecule has 0 fully saturated rings. The first kappa shape index (κ1) is 37.1. The second-order valence-corrected chi connectivity index (χ2v) is 17.8. The minimum absolute atomic E-state index is 0.475. The summed E-state index contributed by atoms with van der Waals surface area (Å²) >= 11 is 0. The average Bonchev–Trinajstić information content (AvgIpc) is 4.14. The highest BCUT2D eigenvalue weighted by atomic mass is 15.3. The zero-order chi connectivity index (χ0) is 44.5. The molecular weight excluding hydrogens is 833 g/mol. The summed E-state index contributed by atoms with van der Waals surface area (Å²) in [5.74, 6) is 2.50. The molecule has 8 heteroatoms. The third-order valence-corrected chi connectivity index (χ3v) is 14.2. The first-order valence-electron chi connectivity index (χ1n) is 23.3. The van der Waals surface area contributed by atoms with Crippen LogP contribution < -0.4 is 10.6 Å². The van der Waals surface area contributed by atoms with E-state index in [2.05, 4.69) is 241 Å². The smallest absolute Gasteiger partial charge is 0.179 e. The summed E-state index contributed by atoms with van der Waals surface area (Å²) in [7, 11) is 0. The fraction of sp³-hybridized carbons (Fsp3) is 0.0333. The number of nitrogens with one attached hydrogen (secondary N) is 2. The van der Waals surface area contributed by atoms with E-state index in [9.17, 15) is 0 Å². The predicted molar refractivity (Wildman–Crippen MR) is 282 cm³/mol. The lowest BCUT2D eigenvalue weighted by Gasteiger charge is -2.32. The van der Waals surface area contributed by atoms with E-state index in [0.717, 1.165) is 78.7 Å². The molecule has 15 rings (SSSR count). The molecule has 2 aliphatic rings. The van der Waals surface area contributed by atoms with Crippen molar-refractivity contribution in [2.24, 2.45) is 9.98 Å². The molecule has 68 heavy (non-hydrogen) atoms. The van der Waals surface area contributed by atoms with Crippen LogP contribution >= 0.6 is 0 Å². The molecule has 0 bridgehead atoms. The van der Waals surface area contributed by atoms with Crippen molar-refractivity contribution in [2.45, 2.75) is 6.17 Å². The van der Waals surface area contributed by atoms with Gasteiger partial charge in [-0.2, -0.15) is 0 Å². The zero-order valence-electron chi connectivity index (χ0n) is 36.7. The molecule has 1 unspecified atom stereocenters. The number of benzene rings is 9. The van der Waals surface area contributed by atoms with Crippen molar-refractivity contribution < 1.29 is 0 Å². The molecule has 320 valence electrons. The van der Waals surface area contributed by atoms with Gasteiger partial charge >= 0.3 is 0 Å². The van der Waals surface area contributed by atoms with E-state index in [0.29, 0.717) is 6.54 Å². The quantitative estimate of drug-likeness (QED) is 0.185.